The number of nitrogens with one attached hydrogen (secondary N) is 1. The van der Waals surface area contributed by atoms with Gasteiger partial charge in [-0.25, -0.2) is 0 Å². The third-order valence-electron chi connectivity index (χ3n) is 7.92. The molecule has 39 heavy (non-hydrogen) atoms. The average Bonchev–Trinajstić information content (AvgIpc) is 2.95. The number of benzene rings is 3. The van der Waals surface area contributed by atoms with Gasteiger partial charge in [0.05, 0.1) is 12.2 Å². The van der Waals surface area contributed by atoms with Crippen LogP contribution in [0.15, 0.2) is 84.9 Å². The minimum atomic E-state index is -0.00786. The van der Waals surface area contributed by atoms with E-state index in [0.29, 0.717) is 36.8 Å². The van der Waals surface area contributed by atoms with Crippen LogP contribution in [0.3, 0.4) is 0 Å². The Morgan fingerprint density at radius 3 is 2.10 bits per heavy atom. The molecule has 0 unspecified atom stereocenters. The lowest BCUT2D eigenvalue weighted by Crippen LogP contribution is -2.34. The maximum atomic E-state index is 13.3. The van der Waals surface area contributed by atoms with Crippen molar-refractivity contribution < 1.29 is 14.3 Å². The largest absolute Gasteiger partial charge is 0.491 e. The van der Waals surface area contributed by atoms with Crippen LogP contribution in [0.5, 0.6) is 5.75 Å². The summed E-state index contributed by atoms with van der Waals surface area (Å²) in [4.78, 5) is 13.3. The SMILES string of the molecule is CC(C)Oc1ccc([C@H](CC(=O)NCC[C@H](c2ccccc2)[C@H]2CCO[C@H](C(C)C)C2)c2ccccc2)cc1. The van der Waals surface area contributed by atoms with Crippen molar-refractivity contribution in [1.29, 1.82) is 0 Å². The summed E-state index contributed by atoms with van der Waals surface area (Å²) in [5.74, 6) is 2.43. The van der Waals surface area contributed by atoms with Gasteiger partial charge in [-0.15, -0.1) is 0 Å². The Kier molecular flexibility index (Phi) is 10.6. The summed E-state index contributed by atoms with van der Waals surface area (Å²) < 4.78 is 11.9. The van der Waals surface area contributed by atoms with Gasteiger partial charge in [-0.1, -0.05) is 86.6 Å². The van der Waals surface area contributed by atoms with Crippen LogP contribution in [0.2, 0.25) is 0 Å². The van der Waals surface area contributed by atoms with E-state index >= 15 is 0 Å². The number of rotatable bonds is 12. The number of hydrogen-bond acceptors (Lipinski definition) is 3. The molecular formula is C35H45NO3. The van der Waals surface area contributed by atoms with Gasteiger partial charge in [0.25, 0.3) is 0 Å². The molecule has 0 aromatic heterocycles. The number of ether oxygens (including phenoxy) is 2. The maximum absolute atomic E-state index is 13.3. The molecule has 1 heterocycles. The van der Waals surface area contributed by atoms with Crippen molar-refractivity contribution in [2.24, 2.45) is 11.8 Å². The summed E-state index contributed by atoms with van der Waals surface area (Å²) in [5.41, 5.74) is 3.64. The monoisotopic (exact) mass is 527 g/mol. The Bertz CT molecular complexity index is 1130. The molecule has 4 heteroatoms. The summed E-state index contributed by atoms with van der Waals surface area (Å²) in [7, 11) is 0. The summed E-state index contributed by atoms with van der Waals surface area (Å²) >= 11 is 0. The van der Waals surface area contributed by atoms with Gasteiger partial charge in [0, 0.05) is 25.5 Å². The molecule has 4 atom stereocenters. The summed E-state index contributed by atoms with van der Waals surface area (Å²) in [6, 6.07) is 29.3. The summed E-state index contributed by atoms with van der Waals surface area (Å²) in [5, 5.41) is 3.27. The van der Waals surface area contributed by atoms with Crippen LogP contribution in [0.1, 0.15) is 81.9 Å². The molecule has 0 radical (unpaired) electrons. The van der Waals surface area contributed by atoms with Crippen LogP contribution in [0.4, 0.5) is 0 Å². The second kappa shape index (κ2) is 14.3. The predicted molar refractivity (Wildman–Crippen MR) is 159 cm³/mol. The first-order valence-electron chi connectivity index (χ1n) is 14.7. The average molecular weight is 528 g/mol. The van der Waals surface area contributed by atoms with Crippen molar-refractivity contribution in [3.8, 4) is 5.75 Å². The number of hydrogen-bond donors (Lipinski definition) is 1. The summed E-state index contributed by atoms with van der Waals surface area (Å²) in [6.07, 6.45) is 3.94. The number of carbonyl (C=O) groups is 1. The fourth-order valence-electron chi connectivity index (χ4n) is 5.85. The number of carbonyl (C=O) groups excluding carboxylic acids is 1. The molecule has 1 N–H and O–H groups in total. The summed E-state index contributed by atoms with van der Waals surface area (Å²) in [6.45, 7) is 10.0. The Morgan fingerprint density at radius 2 is 1.49 bits per heavy atom. The second-order valence-electron chi connectivity index (χ2n) is 11.5. The molecule has 3 aromatic rings. The van der Waals surface area contributed by atoms with Crippen molar-refractivity contribution in [3.05, 3.63) is 102 Å². The van der Waals surface area contributed by atoms with Crippen molar-refractivity contribution in [2.45, 2.75) is 77.4 Å². The topological polar surface area (TPSA) is 47.6 Å². The molecular weight excluding hydrogens is 482 g/mol. The van der Waals surface area contributed by atoms with E-state index in [9.17, 15) is 4.79 Å². The van der Waals surface area contributed by atoms with Gasteiger partial charge in [-0.05, 0) is 79.7 Å². The van der Waals surface area contributed by atoms with E-state index in [4.69, 9.17) is 9.47 Å². The fraction of sp³-hybridized carbons (Fsp3) is 0.457. The van der Waals surface area contributed by atoms with Crippen LogP contribution >= 0.6 is 0 Å². The van der Waals surface area contributed by atoms with Crippen LogP contribution < -0.4 is 10.1 Å². The number of amides is 1. The second-order valence-corrected chi connectivity index (χ2v) is 11.5. The normalized spacial score (nSPS) is 19.0. The smallest absolute Gasteiger partial charge is 0.220 e. The van der Waals surface area contributed by atoms with Gasteiger partial charge in [-0.3, -0.25) is 4.79 Å². The molecule has 4 nitrogen and oxygen atoms in total. The van der Waals surface area contributed by atoms with E-state index in [1.807, 2.05) is 44.2 Å². The Balaban J connectivity index is 1.42. The molecule has 0 aliphatic carbocycles. The molecule has 1 amide bonds. The standard InChI is InChI=1S/C35H45NO3/c1-25(2)34-23-30(20-22-38-34)32(27-11-7-5-8-12-27)19-21-36-35(37)24-33(28-13-9-6-10-14-28)29-15-17-31(18-16-29)39-26(3)4/h5-18,25-26,30,32-34H,19-24H2,1-4H3,(H,36,37)/t30-,32+,33+,34-/m0/s1. The predicted octanol–water partition coefficient (Wildman–Crippen LogP) is 7.74. The van der Waals surface area contributed by atoms with E-state index < -0.39 is 0 Å². The fourth-order valence-corrected chi connectivity index (χ4v) is 5.85. The molecule has 0 saturated carbocycles. The first-order valence-corrected chi connectivity index (χ1v) is 14.7. The highest BCUT2D eigenvalue weighted by molar-refractivity contribution is 5.77. The Morgan fingerprint density at radius 1 is 0.872 bits per heavy atom. The lowest BCUT2D eigenvalue weighted by atomic mass is 9.76. The van der Waals surface area contributed by atoms with Crippen molar-refractivity contribution in [1.82, 2.24) is 5.32 Å². The maximum Gasteiger partial charge on any atom is 0.220 e. The van der Waals surface area contributed by atoms with Crippen molar-refractivity contribution in [2.75, 3.05) is 13.2 Å². The molecule has 3 aromatic carbocycles. The zero-order chi connectivity index (χ0) is 27.6. The van der Waals surface area contributed by atoms with Gasteiger partial charge in [0.2, 0.25) is 5.91 Å². The first-order chi connectivity index (χ1) is 18.9. The van der Waals surface area contributed by atoms with Gasteiger partial charge in [0.1, 0.15) is 5.75 Å². The lowest BCUT2D eigenvalue weighted by Gasteiger charge is -2.37. The van der Waals surface area contributed by atoms with E-state index in [1.54, 1.807) is 0 Å². The molecule has 1 fully saturated rings. The molecule has 4 rings (SSSR count). The Hall–Kier alpha value is -3.11. The van der Waals surface area contributed by atoms with Crippen molar-refractivity contribution >= 4 is 5.91 Å². The van der Waals surface area contributed by atoms with Gasteiger partial charge in [0.15, 0.2) is 0 Å². The third-order valence-corrected chi connectivity index (χ3v) is 7.92. The zero-order valence-electron chi connectivity index (χ0n) is 24.0. The lowest BCUT2D eigenvalue weighted by molar-refractivity contribution is -0.121. The highest BCUT2D eigenvalue weighted by Gasteiger charge is 2.31. The van der Waals surface area contributed by atoms with E-state index in [0.717, 1.165) is 42.7 Å². The van der Waals surface area contributed by atoms with E-state index in [-0.39, 0.29) is 17.9 Å². The quantitative estimate of drug-likeness (QED) is 0.262. The molecule has 1 aliphatic heterocycles. The Labute approximate surface area is 235 Å². The van der Waals surface area contributed by atoms with Crippen molar-refractivity contribution in [3.63, 3.8) is 0 Å². The molecule has 0 bridgehead atoms. The molecule has 1 saturated heterocycles. The van der Waals surface area contributed by atoms with Gasteiger partial charge >= 0.3 is 0 Å². The van der Waals surface area contributed by atoms with Crippen LogP contribution in [-0.2, 0) is 9.53 Å². The van der Waals surface area contributed by atoms with E-state index in [1.165, 1.54) is 5.56 Å². The van der Waals surface area contributed by atoms with E-state index in [2.05, 4.69) is 73.8 Å². The first kappa shape index (κ1) is 28.9. The van der Waals surface area contributed by atoms with Gasteiger partial charge < -0.3 is 14.8 Å². The van der Waals surface area contributed by atoms with Gasteiger partial charge in [-0.2, -0.15) is 0 Å². The van der Waals surface area contributed by atoms with Crippen LogP contribution in [0.25, 0.3) is 0 Å². The minimum absolute atomic E-state index is 0.00786. The van der Waals surface area contributed by atoms with Crippen LogP contribution in [-0.4, -0.2) is 31.3 Å². The highest BCUT2D eigenvalue weighted by atomic mass is 16.5. The molecule has 1 aliphatic rings. The highest BCUT2D eigenvalue weighted by Crippen LogP contribution is 2.38. The third kappa shape index (κ3) is 8.44. The molecule has 208 valence electrons. The minimum Gasteiger partial charge on any atom is -0.491 e. The van der Waals surface area contributed by atoms with Crippen LogP contribution in [0, 0.1) is 11.8 Å². The zero-order valence-corrected chi connectivity index (χ0v) is 24.0. The molecule has 0 spiro atoms.